The van der Waals surface area contributed by atoms with Crippen molar-refractivity contribution in [3.8, 4) is 0 Å². The van der Waals surface area contributed by atoms with Crippen LogP contribution in [0.3, 0.4) is 0 Å². The van der Waals surface area contributed by atoms with E-state index in [1.165, 1.54) is 0 Å². The minimum Gasteiger partial charge on any atom is -0.480 e. The summed E-state index contributed by atoms with van der Waals surface area (Å²) >= 11 is 3.30. The van der Waals surface area contributed by atoms with Gasteiger partial charge in [-0.1, -0.05) is 15.9 Å². The molecule has 76 valence electrons. The fraction of sp³-hybridized carbons (Fsp3) is 0.222. The summed E-state index contributed by atoms with van der Waals surface area (Å²) in [5, 5.41) is 8.61. The van der Waals surface area contributed by atoms with Crippen molar-refractivity contribution in [1.82, 2.24) is 0 Å². The van der Waals surface area contributed by atoms with Crippen LogP contribution in [0.15, 0.2) is 22.7 Å². The largest absolute Gasteiger partial charge is 0.480 e. The van der Waals surface area contributed by atoms with Crippen molar-refractivity contribution in [2.45, 2.75) is 0 Å². The lowest BCUT2D eigenvalue weighted by atomic mass is 10.2. The number of carboxylic acid groups (broad SMARTS) is 1. The van der Waals surface area contributed by atoms with Crippen LogP contribution in [0.5, 0.6) is 0 Å². The SMILES string of the molecule is CN(CC(=O)O)c1cc(Br)ccc1N. The number of benzene rings is 1. The molecule has 0 aliphatic heterocycles. The van der Waals surface area contributed by atoms with Gasteiger partial charge in [-0.15, -0.1) is 0 Å². The Balaban J connectivity index is 2.93. The molecule has 0 heterocycles. The maximum atomic E-state index is 10.5. The monoisotopic (exact) mass is 258 g/mol. The molecule has 0 bridgehead atoms. The van der Waals surface area contributed by atoms with Gasteiger partial charge in [0.25, 0.3) is 0 Å². The fourth-order valence-electron chi connectivity index (χ4n) is 1.14. The third-order valence-electron chi connectivity index (χ3n) is 1.78. The molecule has 14 heavy (non-hydrogen) atoms. The minimum absolute atomic E-state index is 0.0688. The molecule has 4 nitrogen and oxygen atoms in total. The number of rotatable bonds is 3. The fourth-order valence-corrected chi connectivity index (χ4v) is 1.48. The number of nitrogens with zero attached hydrogens (tertiary/aromatic N) is 1. The number of hydrogen-bond donors (Lipinski definition) is 2. The summed E-state index contributed by atoms with van der Waals surface area (Å²) in [5.41, 5.74) is 6.99. The van der Waals surface area contributed by atoms with Crippen molar-refractivity contribution in [3.63, 3.8) is 0 Å². The summed E-state index contributed by atoms with van der Waals surface area (Å²) in [5.74, 6) is -0.883. The second-order valence-corrected chi connectivity index (χ2v) is 3.87. The number of aliphatic carboxylic acids is 1. The number of carbonyl (C=O) groups is 1. The van der Waals surface area contributed by atoms with Crippen LogP contribution in [0, 0.1) is 0 Å². The molecule has 1 rings (SSSR count). The minimum atomic E-state index is -0.883. The molecule has 1 aromatic rings. The van der Waals surface area contributed by atoms with E-state index in [1.807, 2.05) is 6.07 Å². The Hall–Kier alpha value is -1.23. The van der Waals surface area contributed by atoms with Gasteiger partial charge in [0, 0.05) is 11.5 Å². The molecule has 0 saturated heterocycles. The molecular formula is C9H11BrN2O2. The lowest BCUT2D eigenvalue weighted by Gasteiger charge is -2.18. The van der Waals surface area contributed by atoms with Crippen LogP contribution in [0.4, 0.5) is 11.4 Å². The van der Waals surface area contributed by atoms with Gasteiger partial charge in [0.15, 0.2) is 0 Å². The van der Waals surface area contributed by atoms with E-state index in [0.29, 0.717) is 11.4 Å². The van der Waals surface area contributed by atoms with Gasteiger partial charge in [-0.25, -0.2) is 0 Å². The third-order valence-corrected chi connectivity index (χ3v) is 2.27. The van der Waals surface area contributed by atoms with E-state index in [4.69, 9.17) is 10.8 Å². The predicted octanol–water partition coefficient (Wildman–Crippen LogP) is 1.55. The van der Waals surface area contributed by atoms with E-state index >= 15 is 0 Å². The lowest BCUT2D eigenvalue weighted by Crippen LogP contribution is -2.25. The second-order valence-electron chi connectivity index (χ2n) is 2.95. The highest BCUT2D eigenvalue weighted by Crippen LogP contribution is 2.25. The summed E-state index contributed by atoms with van der Waals surface area (Å²) in [7, 11) is 1.69. The Morgan fingerprint density at radius 3 is 2.86 bits per heavy atom. The maximum absolute atomic E-state index is 10.5. The van der Waals surface area contributed by atoms with Crippen LogP contribution in [-0.2, 0) is 4.79 Å². The van der Waals surface area contributed by atoms with E-state index in [1.54, 1.807) is 24.1 Å². The standard InChI is InChI=1S/C9H11BrN2O2/c1-12(5-9(13)14)8-4-6(10)2-3-7(8)11/h2-4H,5,11H2,1H3,(H,13,14). The highest BCUT2D eigenvalue weighted by atomic mass is 79.9. The number of likely N-dealkylation sites (N-methyl/N-ethyl adjacent to an activating group) is 1. The van der Waals surface area contributed by atoms with Gasteiger partial charge in [-0.2, -0.15) is 0 Å². The van der Waals surface area contributed by atoms with Gasteiger partial charge >= 0.3 is 5.97 Å². The first-order chi connectivity index (χ1) is 6.50. The Kier molecular flexibility index (Phi) is 3.35. The highest BCUT2D eigenvalue weighted by molar-refractivity contribution is 9.10. The smallest absolute Gasteiger partial charge is 0.323 e. The van der Waals surface area contributed by atoms with E-state index in [9.17, 15) is 4.79 Å². The molecule has 0 unspecified atom stereocenters. The molecule has 3 N–H and O–H groups in total. The van der Waals surface area contributed by atoms with Crippen molar-refractivity contribution < 1.29 is 9.90 Å². The summed E-state index contributed by atoms with van der Waals surface area (Å²) in [4.78, 5) is 12.1. The maximum Gasteiger partial charge on any atom is 0.323 e. The van der Waals surface area contributed by atoms with Crippen molar-refractivity contribution in [3.05, 3.63) is 22.7 Å². The van der Waals surface area contributed by atoms with Gasteiger partial charge in [-0.3, -0.25) is 4.79 Å². The van der Waals surface area contributed by atoms with Crippen LogP contribution in [0.25, 0.3) is 0 Å². The molecule has 0 spiro atoms. The number of hydrogen-bond acceptors (Lipinski definition) is 3. The van der Waals surface area contributed by atoms with E-state index in [-0.39, 0.29) is 6.54 Å². The normalized spacial score (nSPS) is 9.86. The van der Waals surface area contributed by atoms with Crippen LogP contribution in [0.1, 0.15) is 0 Å². The summed E-state index contributed by atoms with van der Waals surface area (Å²) in [6.07, 6.45) is 0. The van der Waals surface area contributed by atoms with E-state index in [0.717, 1.165) is 4.47 Å². The molecule has 0 aliphatic rings. The lowest BCUT2D eigenvalue weighted by molar-refractivity contribution is -0.135. The number of carboxylic acids is 1. The van der Waals surface area contributed by atoms with E-state index in [2.05, 4.69) is 15.9 Å². The quantitative estimate of drug-likeness (QED) is 0.808. The van der Waals surface area contributed by atoms with E-state index < -0.39 is 5.97 Å². The predicted molar refractivity (Wildman–Crippen MR) is 59.5 cm³/mol. The zero-order valence-electron chi connectivity index (χ0n) is 7.70. The first-order valence-electron chi connectivity index (χ1n) is 3.98. The van der Waals surface area contributed by atoms with Crippen molar-refractivity contribution >= 4 is 33.3 Å². The average Bonchev–Trinajstić information content (AvgIpc) is 2.08. The Morgan fingerprint density at radius 2 is 2.29 bits per heavy atom. The van der Waals surface area contributed by atoms with Crippen LogP contribution in [0.2, 0.25) is 0 Å². The van der Waals surface area contributed by atoms with Crippen molar-refractivity contribution in [2.24, 2.45) is 0 Å². The molecule has 0 fully saturated rings. The van der Waals surface area contributed by atoms with Crippen LogP contribution in [-0.4, -0.2) is 24.7 Å². The molecular weight excluding hydrogens is 248 g/mol. The molecule has 0 aliphatic carbocycles. The summed E-state index contributed by atoms with van der Waals surface area (Å²) < 4.78 is 0.874. The van der Waals surface area contributed by atoms with Gasteiger partial charge in [0.2, 0.25) is 0 Å². The Labute approximate surface area is 90.4 Å². The number of nitrogens with two attached hydrogens (primary N) is 1. The molecule has 0 aromatic heterocycles. The van der Waals surface area contributed by atoms with Gasteiger partial charge in [-0.05, 0) is 18.2 Å². The van der Waals surface area contributed by atoms with Gasteiger partial charge in [0.1, 0.15) is 6.54 Å². The number of nitrogen functional groups attached to an aromatic ring is 1. The van der Waals surface area contributed by atoms with Gasteiger partial charge < -0.3 is 15.7 Å². The third kappa shape index (κ3) is 2.63. The molecule has 0 atom stereocenters. The van der Waals surface area contributed by atoms with Crippen molar-refractivity contribution in [2.75, 3.05) is 24.2 Å². The number of halogens is 1. The van der Waals surface area contributed by atoms with Crippen LogP contribution >= 0.6 is 15.9 Å². The topological polar surface area (TPSA) is 66.6 Å². The second kappa shape index (κ2) is 4.32. The molecule has 1 aromatic carbocycles. The zero-order chi connectivity index (χ0) is 10.7. The van der Waals surface area contributed by atoms with Crippen molar-refractivity contribution in [1.29, 1.82) is 0 Å². The average molecular weight is 259 g/mol. The first kappa shape index (κ1) is 10.8. The van der Waals surface area contributed by atoms with Crippen LogP contribution < -0.4 is 10.6 Å². The number of anilines is 2. The molecule has 0 saturated carbocycles. The summed E-state index contributed by atoms with van der Waals surface area (Å²) in [6, 6.07) is 5.34. The molecule has 5 heteroatoms. The Bertz CT molecular complexity index is 355. The molecule has 0 amide bonds. The molecule has 0 radical (unpaired) electrons. The summed E-state index contributed by atoms with van der Waals surface area (Å²) in [6.45, 7) is -0.0688. The first-order valence-corrected chi connectivity index (χ1v) is 4.78. The Morgan fingerprint density at radius 1 is 1.64 bits per heavy atom. The highest BCUT2D eigenvalue weighted by Gasteiger charge is 2.08. The van der Waals surface area contributed by atoms with Gasteiger partial charge in [0.05, 0.1) is 11.4 Å². The zero-order valence-corrected chi connectivity index (χ0v) is 9.28.